The van der Waals surface area contributed by atoms with Crippen LogP contribution in [-0.2, 0) is 0 Å². The second-order valence-electron chi connectivity index (χ2n) is 4.08. The fraction of sp³-hybridized carbons (Fsp3) is 0.636. The first kappa shape index (κ1) is 10.2. The van der Waals surface area contributed by atoms with Gasteiger partial charge >= 0.3 is 0 Å². The molecule has 82 valence electrons. The Balaban J connectivity index is 2.01. The topological polar surface area (TPSA) is 49.8 Å². The van der Waals surface area contributed by atoms with Crippen molar-refractivity contribution >= 4 is 11.8 Å². The highest BCUT2D eigenvalue weighted by atomic mass is 15.1. The van der Waals surface area contributed by atoms with Crippen molar-refractivity contribution in [3.05, 3.63) is 11.8 Å². The summed E-state index contributed by atoms with van der Waals surface area (Å²) < 4.78 is 0. The molecule has 1 aromatic rings. The van der Waals surface area contributed by atoms with Crippen LogP contribution in [0.2, 0.25) is 0 Å². The average molecular weight is 206 g/mol. The highest BCUT2D eigenvalue weighted by Crippen LogP contribution is 2.29. The van der Waals surface area contributed by atoms with Crippen molar-refractivity contribution in [3.63, 3.8) is 0 Å². The van der Waals surface area contributed by atoms with Crippen molar-refractivity contribution in [1.82, 2.24) is 9.97 Å². The van der Waals surface area contributed by atoms with Gasteiger partial charge in [0, 0.05) is 24.8 Å². The molecule has 0 atom stereocenters. The summed E-state index contributed by atoms with van der Waals surface area (Å²) in [6.45, 7) is 5.97. The summed E-state index contributed by atoms with van der Waals surface area (Å²) in [4.78, 5) is 8.64. The van der Waals surface area contributed by atoms with E-state index in [4.69, 9.17) is 0 Å². The molecule has 0 spiro atoms. The van der Waals surface area contributed by atoms with Crippen LogP contribution in [0.5, 0.6) is 0 Å². The van der Waals surface area contributed by atoms with Crippen molar-refractivity contribution in [2.75, 3.05) is 23.7 Å². The largest absolute Gasteiger partial charge is 0.369 e. The van der Waals surface area contributed by atoms with Gasteiger partial charge in [0.1, 0.15) is 5.82 Å². The molecule has 1 saturated carbocycles. The van der Waals surface area contributed by atoms with Crippen LogP contribution in [0.3, 0.4) is 0 Å². The van der Waals surface area contributed by atoms with E-state index in [1.165, 1.54) is 12.8 Å². The van der Waals surface area contributed by atoms with Gasteiger partial charge in [-0.2, -0.15) is 4.98 Å². The molecule has 0 unspecified atom stereocenters. The molecule has 1 heterocycles. The van der Waals surface area contributed by atoms with Gasteiger partial charge in [-0.25, -0.2) is 4.98 Å². The summed E-state index contributed by atoms with van der Waals surface area (Å²) in [5, 5.41) is 6.50. The number of hydrogen-bond donors (Lipinski definition) is 2. The zero-order chi connectivity index (χ0) is 10.7. The fourth-order valence-corrected chi connectivity index (χ4v) is 1.43. The van der Waals surface area contributed by atoms with Gasteiger partial charge in [-0.1, -0.05) is 0 Å². The van der Waals surface area contributed by atoms with Crippen LogP contribution in [0.1, 0.15) is 25.3 Å². The molecule has 0 amide bonds. The lowest BCUT2D eigenvalue weighted by atomic mass is 10.3. The summed E-state index contributed by atoms with van der Waals surface area (Å²) >= 11 is 0. The van der Waals surface area contributed by atoms with Crippen molar-refractivity contribution in [1.29, 1.82) is 0 Å². The summed E-state index contributed by atoms with van der Waals surface area (Å²) in [7, 11) is 0. The van der Waals surface area contributed by atoms with Crippen LogP contribution in [0.15, 0.2) is 6.20 Å². The number of aryl methyl sites for hydroxylation is 1. The maximum atomic E-state index is 4.43. The van der Waals surface area contributed by atoms with E-state index >= 15 is 0 Å². The number of rotatable bonds is 5. The van der Waals surface area contributed by atoms with Gasteiger partial charge in [-0.05, 0) is 32.6 Å². The van der Waals surface area contributed by atoms with Gasteiger partial charge in [-0.3, -0.25) is 0 Å². The zero-order valence-corrected chi connectivity index (χ0v) is 9.38. The predicted octanol–water partition coefficient (Wildman–Crippen LogP) is 2.04. The van der Waals surface area contributed by atoms with Crippen molar-refractivity contribution in [3.8, 4) is 0 Å². The minimum atomic E-state index is 0.710. The Labute approximate surface area is 90.5 Å². The van der Waals surface area contributed by atoms with Gasteiger partial charge < -0.3 is 10.6 Å². The molecule has 4 nitrogen and oxygen atoms in total. The van der Waals surface area contributed by atoms with Gasteiger partial charge in [0.15, 0.2) is 0 Å². The van der Waals surface area contributed by atoms with Crippen LogP contribution in [0.4, 0.5) is 11.8 Å². The second kappa shape index (κ2) is 4.47. The first-order valence-electron chi connectivity index (χ1n) is 5.61. The molecule has 4 heteroatoms. The first-order chi connectivity index (χ1) is 7.29. The molecule has 0 aromatic carbocycles. The standard InChI is InChI=1S/C11H18N4/c1-3-12-11-14-6-8(2)10(15-11)13-7-9-4-5-9/h6,9H,3-5,7H2,1-2H3,(H2,12,13,14,15). The van der Waals surface area contributed by atoms with E-state index in [0.29, 0.717) is 5.95 Å². The summed E-state index contributed by atoms with van der Waals surface area (Å²) in [6.07, 6.45) is 4.58. The zero-order valence-electron chi connectivity index (χ0n) is 9.38. The van der Waals surface area contributed by atoms with E-state index in [1.807, 2.05) is 20.0 Å². The summed E-state index contributed by atoms with van der Waals surface area (Å²) in [6, 6.07) is 0. The van der Waals surface area contributed by atoms with Gasteiger partial charge in [-0.15, -0.1) is 0 Å². The monoisotopic (exact) mass is 206 g/mol. The molecule has 0 aliphatic heterocycles. The number of nitrogens with zero attached hydrogens (tertiary/aromatic N) is 2. The Bertz CT molecular complexity index is 333. The number of anilines is 2. The van der Waals surface area contributed by atoms with E-state index in [0.717, 1.165) is 30.4 Å². The third-order valence-electron chi connectivity index (χ3n) is 2.56. The first-order valence-corrected chi connectivity index (χ1v) is 5.61. The van der Waals surface area contributed by atoms with E-state index < -0.39 is 0 Å². The van der Waals surface area contributed by atoms with Gasteiger partial charge in [0.25, 0.3) is 0 Å². The van der Waals surface area contributed by atoms with E-state index in [-0.39, 0.29) is 0 Å². The maximum absolute atomic E-state index is 4.43. The van der Waals surface area contributed by atoms with E-state index in [1.54, 1.807) is 0 Å². The SMILES string of the molecule is CCNc1ncc(C)c(NCC2CC2)n1. The second-order valence-corrected chi connectivity index (χ2v) is 4.08. The van der Waals surface area contributed by atoms with E-state index in [9.17, 15) is 0 Å². The van der Waals surface area contributed by atoms with Crippen LogP contribution in [0, 0.1) is 12.8 Å². The Hall–Kier alpha value is -1.32. The average Bonchev–Trinajstić information content (AvgIpc) is 3.03. The third-order valence-corrected chi connectivity index (χ3v) is 2.56. The Kier molecular flexibility index (Phi) is 3.04. The lowest BCUT2D eigenvalue weighted by Gasteiger charge is -2.09. The van der Waals surface area contributed by atoms with Crippen molar-refractivity contribution < 1.29 is 0 Å². The van der Waals surface area contributed by atoms with Crippen LogP contribution < -0.4 is 10.6 Å². The van der Waals surface area contributed by atoms with E-state index in [2.05, 4.69) is 20.6 Å². The molecule has 2 N–H and O–H groups in total. The van der Waals surface area contributed by atoms with Gasteiger partial charge in [0.2, 0.25) is 5.95 Å². The molecule has 0 bridgehead atoms. The minimum absolute atomic E-state index is 0.710. The van der Waals surface area contributed by atoms with Crippen molar-refractivity contribution in [2.24, 2.45) is 5.92 Å². The fourth-order valence-electron chi connectivity index (χ4n) is 1.43. The quantitative estimate of drug-likeness (QED) is 0.774. The Morgan fingerprint density at radius 3 is 2.87 bits per heavy atom. The molecule has 1 fully saturated rings. The molecule has 1 aliphatic rings. The lowest BCUT2D eigenvalue weighted by molar-refractivity contribution is 0.878. The van der Waals surface area contributed by atoms with Crippen LogP contribution in [-0.4, -0.2) is 23.1 Å². The third kappa shape index (κ3) is 2.81. The van der Waals surface area contributed by atoms with Crippen molar-refractivity contribution in [2.45, 2.75) is 26.7 Å². The van der Waals surface area contributed by atoms with Crippen LogP contribution >= 0.6 is 0 Å². The highest BCUT2D eigenvalue weighted by molar-refractivity contribution is 5.46. The maximum Gasteiger partial charge on any atom is 0.224 e. The van der Waals surface area contributed by atoms with Crippen LogP contribution in [0.25, 0.3) is 0 Å². The highest BCUT2D eigenvalue weighted by Gasteiger charge is 2.21. The number of aromatic nitrogens is 2. The molecule has 1 aliphatic carbocycles. The minimum Gasteiger partial charge on any atom is -0.369 e. The molecule has 1 aromatic heterocycles. The normalized spacial score (nSPS) is 15.1. The molecule has 2 rings (SSSR count). The molecule has 0 saturated heterocycles. The lowest BCUT2D eigenvalue weighted by Crippen LogP contribution is -2.09. The summed E-state index contributed by atoms with van der Waals surface area (Å²) in [5.74, 6) is 2.54. The number of nitrogens with one attached hydrogen (secondary N) is 2. The number of hydrogen-bond acceptors (Lipinski definition) is 4. The smallest absolute Gasteiger partial charge is 0.224 e. The molecular weight excluding hydrogens is 188 g/mol. The Morgan fingerprint density at radius 2 is 2.20 bits per heavy atom. The molecule has 15 heavy (non-hydrogen) atoms. The Morgan fingerprint density at radius 1 is 1.40 bits per heavy atom. The summed E-state index contributed by atoms with van der Waals surface area (Å²) in [5.41, 5.74) is 1.11. The molecule has 0 radical (unpaired) electrons. The van der Waals surface area contributed by atoms with Gasteiger partial charge in [0.05, 0.1) is 0 Å². The predicted molar refractivity (Wildman–Crippen MR) is 62.1 cm³/mol. The molecular formula is C11H18N4.